The molecule has 1 aliphatic heterocycles. The van der Waals surface area contributed by atoms with Crippen LogP contribution in [-0.2, 0) is 9.53 Å². The van der Waals surface area contributed by atoms with E-state index in [9.17, 15) is 10.1 Å². The van der Waals surface area contributed by atoms with E-state index in [2.05, 4.69) is 42.5 Å². The second-order valence-corrected chi connectivity index (χ2v) is 9.92. The highest BCUT2D eigenvalue weighted by molar-refractivity contribution is 14.1. The van der Waals surface area contributed by atoms with Crippen molar-refractivity contribution in [1.29, 1.82) is 5.26 Å². The van der Waals surface area contributed by atoms with Crippen LogP contribution in [0, 0.1) is 20.3 Å². The molecule has 0 aromatic heterocycles. The lowest BCUT2D eigenvalue weighted by molar-refractivity contribution is -0.118. The number of ether oxygens (including phenoxy) is 3. The van der Waals surface area contributed by atoms with Gasteiger partial charge in [0.1, 0.15) is 5.82 Å². The fourth-order valence-corrected chi connectivity index (χ4v) is 5.32. The molecule has 1 atom stereocenters. The number of Topliss-reactive ketones (excluding diaryl/α,β-unsaturated/α-hetero) is 1. The molecule has 0 bridgehead atoms. The van der Waals surface area contributed by atoms with Crippen molar-refractivity contribution in [3.05, 3.63) is 43.9 Å². The average Bonchev–Trinajstić information content (AvgIpc) is 2.73. The van der Waals surface area contributed by atoms with Crippen molar-refractivity contribution in [2.45, 2.75) is 39.5 Å². The number of carbonyl (C=O) groups excluding carboxylic acids is 1. The Hall–Kier alpha value is -2.25. The molecule has 1 aromatic rings. The van der Waals surface area contributed by atoms with Crippen molar-refractivity contribution in [1.82, 2.24) is 4.90 Å². The van der Waals surface area contributed by atoms with E-state index in [1.165, 1.54) is 0 Å². The third-order valence-electron chi connectivity index (χ3n) is 5.88. The van der Waals surface area contributed by atoms with Gasteiger partial charge in [-0.1, -0.05) is 13.8 Å². The molecule has 172 valence electrons. The van der Waals surface area contributed by atoms with Crippen LogP contribution in [0.25, 0.3) is 0 Å². The summed E-state index contributed by atoms with van der Waals surface area (Å²) in [6, 6.07) is 6.09. The van der Waals surface area contributed by atoms with Gasteiger partial charge in [0.15, 0.2) is 17.3 Å². The normalized spacial score (nSPS) is 20.2. The molecule has 8 heteroatoms. The van der Waals surface area contributed by atoms with Gasteiger partial charge >= 0.3 is 0 Å². The maximum absolute atomic E-state index is 13.5. The first-order chi connectivity index (χ1) is 15.2. The summed E-state index contributed by atoms with van der Waals surface area (Å²) in [5, 5.41) is 10.1. The minimum Gasteiger partial charge on any atom is -0.493 e. The van der Waals surface area contributed by atoms with Crippen LogP contribution in [-0.4, -0.2) is 44.7 Å². The maximum atomic E-state index is 13.5. The zero-order chi connectivity index (χ0) is 23.6. The molecule has 1 aromatic carbocycles. The van der Waals surface area contributed by atoms with Crippen molar-refractivity contribution in [2.24, 2.45) is 11.1 Å². The molecule has 3 rings (SSSR count). The molecular formula is C24H30IN3O4. The number of benzene rings is 1. The van der Waals surface area contributed by atoms with E-state index >= 15 is 0 Å². The molecule has 2 aliphatic rings. The number of halogens is 1. The van der Waals surface area contributed by atoms with Gasteiger partial charge < -0.3 is 24.8 Å². The van der Waals surface area contributed by atoms with Crippen LogP contribution in [0.1, 0.15) is 45.1 Å². The number of allylic oxidation sites excluding steroid dienone is 3. The van der Waals surface area contributed by atoms with Crippen molar-refractivity contribution in [2.75, 3.05) is 34.0 Å². The van der Waals surface area contributed by atoms with Crippen LogP contribution in [0.3, 0.4) is 0 Å². The van der Waals surface area contributed by atoms with Crippen molar-refractivity contribution < 1.29 is 19.0 Å². The number of nitrogens with zero attached hydrogens (tertiary/aromatic N) is 2. The Morgan fingerprint density at radius 1 is 1.31 bits per heavy atom. The lowest BCUT2D eigenvalue weighted by Gasteiger charge is -2.43. The van der Waals surface area contributed by atoms with E-state index in [1.54, 1.807) is 14.2 Å². The second kappa shape index (κ2) is 9.71. The summed E-state index contributed by atoms with van der Waals surface area (Å²) >= 11 is 2.20. The van der Waals surface area contributed by atoms with Gasteiger partial charge in [0, 0.05) is 31.3 Å². The predicted molar refractivity (Wildman–Crippen MR) is 130 cm³/mol. The number of nitrogens with two attached hydrogens (primary N) is 1. The monoisotopic (exact) mass is 551 g/mol. The summed E-state index contributed by atoms with van der Waals surface area (Å²) in [7, 11) is 3.21. The number of hydrogen-bond acceptors (Lipinski definition) is 7. The van der Waals surface area contributed by atoms with Gasteiger partial charge in [0.05, 0.1) is 41.5 Å². The molecule has 0 unspecified atom stereocenters. The highest BCUT2D eigenvalue weighted by Crippen LogP contribution is 2.50. The quantitative estimate of drug-likeness (QED) is 0.510. The van der Waals surface area contributed by atoms with Crippen molar-refractivity contribution in [3.63, 3.8) is 0 Å². The Bertz CT molecular complexity index is 1020. The van der Waals surface area contributed by atoms with Crippen LogP contribution < -0.4 is 15.2 Å². The predicted octanol–water partition coefficient (Wildman–Crippen LogP) is 4.08. The Labute approximate surface area is 203 Å². The van der Waals surface area contributed by atoms with E-state index in [0.29, 0.717) is 61.1 Å². The number of methoxy groups -OCH3 is 2. The second-order valence-electron chi connectivity index (χ2n) is 8.76. The minimum absolute atomic E-state index is 0.0479. The summed E-state index contributed by atoms with van der Waals surface area (Å²) < 4.78 is 17.5. The van der Waals surface area contributed by atoms with E-state index in [1.807, 2.05) is 24.0 Å². The number of rotatable bonds is 7. The fraction of sp³-hybridized carbons (Fsp3) is 0.500. The van der Waals surface area contributed by atoms with Gasteiger partial charge in [-0.15, -0.1) is 0 Å². The number of ketones is 1. The van der Waals surface area contributed by atoms with Gasteiger partial charge in [0.25, 0.3) is 0 Å². The first-order valence-corrected chi connectivity index (χ1v) is 11.7. The van der Waals surface area contributed by atoms with Crippen molar-refractivity contribution in [3.8, 4) is 17.6 Å². The molecule has 2 N–H and O–H groups in total. The van der Waals surface area contributed by atoms with Crippen LogP contribution in [0.4, 0.5) is 0 Å². The molecule has 1 heterocycles. The lowest BCUT2D eigenvalue weighted by atomic mass is 9.68. The largest absolute Gasteiger partial charge is 0.493 e. The summed E-state index contributed by atoms with van der Waals surface area (Å²) in [5.41, 5.74) is 9.05. The average molecular weight is 551 g/mol. The van der Waals surface area contributed by atoms with E-state index in [4.69, 9.17) is 19.9 Å². The van der Waals surface area contributed by atoms with Crippen LogP contribution in [0.15, 0.2) is 34.8 Å². The summed E-state index contributed by atoms with van der Waals surface area (Å²) in [6.45, 7) is 7.50. The van der Waals surface area contributed by atoms with E-state index in [0.717, 1.165) is 14.8 Å². The molecule has 7 nitrogen and oxygen atoms in total. The van der Waals surface area contributed by atoms with Crippen LogP contribution in [0.5, 0.6) is 11.5 Å². The van der Waals surface area contributed by atoms with Crippen LogP contribution >= 0.6 is 22.6 Å². The first-order valence-electron chi connectivity index (χ1n) is 10.6. The zero-order valence-electron chi connectivity index (χ0n) is 19.3. The maximum Gasteiger partial charge on any atom is 0.174 e. The molecule has 0 amide bonds. The molecule has 32 heavy (non-hydrogen) atoms. The Morgan fingerprint density at radius 2 is 2.03 bits per heavy atom. The number of hydrogen-bond donors (Lipinski definition) is 1. The molecule has 0 fully saturated rings. The molecule has 0 saturated heterocycles. The molecule has 0 spiro atoms. The molecular weight excluding hydrogens is 521 g/mol. The van der Waals surface area contributed by atoms with Gasteiger partial charge in [-0.2, -0.15) is 5.26 Å². The van der Waals surface area contributed by atoms with Crippen LogP contribution in [0.2, 0.25) is 0 Å². The standard InChI is InChI=1S/C24H30IN3O4/c1-6-32-22-16(25)9-14(10-19(22)31-5)20-15(13-26)23(27)28(7-8-30-4)17-11-24(2,3)12-18(29)21(17)20/h9-10,20H,6-8,11-12,27H2,1-5H3/t20-/m0/s1. The summed E-state index contributed by atoms with van der Waals surface area (Å²) in [4.78, 5) is 15.4. The van der Waals surface area contributed by atoms with Gasteiger partial charge in [-0.25, -0.2) is 0 Å². The third kappa shape index (κ3) is 4.46. The lowest BCUT2D eigenvalue weighted by Crippen LogP contribution is -2.43. The molecule has 1 aliphatic carbocycles. The number of carbonyl (C=O) groups is 1. The summed E-state index contributed by atoms with van der Waals surface area (Å²) in [6.07, 6.45) is 1.11. The first kappa shape index (κ1) is 24.4. The zero-order valence-corrected chi connectivity index (χ0v) is 21.4. The fourth-order valence-electron chi connectivity index (χ4n) is 4.54. The third-order valence-corrected chi connectivity index (χ3v) is 6.68. The smallest absolute Gasteiger partial charge is 0.174 e. The Kier molecular flexibility index (Phi) is 7.40. The minimum atomic E-state index is -0.546. The summed E-state index contributed by atoms with van der Waals surface area (Å²) in [5.74, 6) is 1.10. The Morgan fingerprint density at radius 3 is 2.62 bits per heavy atom. The highest BCUT2D eigenvalue weighted by atomic mass is 127. The van der Waals surface area contributed by atoms with E-state index in [-0.39, 0.29) is 11.2 Å². The Balaban J connectivity index is 2.25. The highest BCUT2D eigenvalue weighted by Gasteiger charge is 2.44. The van der Waals surface area contributed by atoms with Gasteiger partial charge in [-0.05, 0) is 59.0 Å². The van der Waals surface area contributed by atoms with Crippen molar-refractivity contribution >= 4 is 28.4 Å². The topological polar surface area (TPSA) is 97.8 Å². The molecule has 0 saturated carbocycles. The van der Waals surface area contributed by atoms with Gasteiger partial charge in [0.2, 0.25) is 0 Å². The molecule has 0 radical (unpaired) electrons. The SMILES string of the molecule is CCOc1c(I)cc([C@H]2C(C#N)=C(N)N(CCOC)C3=C2C(=O)CC(C)(C)C3)cc1OC. The van der Waals surface area contributed by atoms with E-state index < -0.39 is 5.92 Å². The van der Waals surface area contributed by atoms with Gasteiger partial charge in [-0.3, -0.25) is 4.79 Å². The number of nitriles is 1.